The van der Waals surface area contributed by atoms with E-state index in [4.69, 9.17) is 5.26 Å². The third-order valence-corrected chi connectivity index (χ3v) is 1.99. The molecule has 1 unspecified atom stereocenters. The molecule has 12 heavy (non-hydrogen) atoms. The van der Waals surface area contributed by atoms with Crippen molar-refractivity contribution in [1.29, 1.82) is 5.26 Å². The largest absolute Gasteiger partial charge is 0.302 e. The first-order valence-electron chi connectivity index (χ1n) is 3.29. The Kier molecular flexibility index (Phi) is 3.30. The number of aldehydes is 1. The first kappa shape index (κ1) is 8.75. The molecule has 3 nitrogen and oxygen atoms in total. The molecule has 0 bridgehead atoms. The average molecular weight is 178 g/mol. The van der Waals surface area contributed by atoms with E-state index >= 15 is 0 Å². The van der Waals surface area contributed by atoms with Crippen LogP contribution in [0.15, 0.2) is 24.4 Å². The Labute approximate surface area is 74.4 Å². The minimum Gasteiger partial charge on any atom is -0.302 e. The van der Waals surface area contributed by atoms with Gasteiger partial charge in [0.05, 0.1) is 5.69 Å². The molecule has 4 heteroatoms. The maximum atomic E-state index is 10.5. The van der Waals surface area contributed by atoms with Crippen LogP contribution in [0.2, 0.25) is 0 Å². The number of thiocyanates is 1. The summed E-state index contributed by atoms with van der Waals surface area (Å²) in [5.74, 6) is 0. The number of carbonyl (C=O) groups is 1. The smallest absolute Gasteiger partial charge is 0.140 e. The van der Waals surface area contributed by atoms with E-state index in [2.05, 4.69) is 4.98 Å². The van der Waals surface area contributed by atoms with Crippen molar-refractivity contribution in [1.82, 2.24) is 4.98 Å². The van der Waals surface area contributed by atoms with E-state index in [1.165, 1.54) is 0 Å². The molecule has 1 atom stereocenters. The zero-order valence-electron chi connectivity index (χ0n) is 6.18. The molecule has 0 saturated carbocycles. The zero-order chi connectivity index (χ0) is 8.81. The molecule has 1 aromatic heterocycles. The van der Waals surface area contributed by atoms with E-state index in [9.17, 15) is 4.79 Å². The molecule has 0 radical (unpaired) electrons. The Morgan fingerprint density at radius 3 is 3.00 bits per heavy atom. The van der Waals surface area contributed by atoms with Gasteiger partial charge in [-0.3, -0.25) is 4.98 Å². The van der Waals surface area contributed by atoms with Crippen LogP contribution in [-0.2, 0) is 4.79 Å². The van der Waals surface area contributed by atoms with Gasteiger partial charge in [0.1, 0.15) is 16.9 Å². The Balaban J connectivity index is 2.81. The fraction of sp³-hybridized carbons (Fsp3) is 0.125. The van der Waals surface area contributed by atoms with Crippen LogP contribution >= 0.6 is 11.8 Å². The predicted octanol–water partition coefficient (Wildman–Crippen LogP) is 1.54. The van der Waals surface area contributed by atoms with Gasteiger partial charge in [-0.05, 0) is 23.9 Å². The lowest BCUT2D eigenvalue weighted by molar-refractivity contribution is -0.107. The summed E-state index contributed by atoms with van der Waals surface area (Å²) in [5, 5.41) is 9.76. The van der Waals surface area contributed by atoms with Gasteiger partial charge in [0.2, 0.25) is 0 Å². The molecule has 0 fully saturated rings. The second kappa shape index (κ2) is 4.52. The zero-order valence-corrected chi connectivity index (χ0v) is 6.99. The van der Waals surface area contributed by atoms with E-state index in [1.807, 2.05) is 5.40 Å². The van der Waals surface area contributed by atoms with Gasteiger partial charge in [-0.2, -0.15) is 5.26 Å². The number of thioether (sulfide) groups is 1. The maximum absolute atomic E-state index is 10.5. The van der Waals surface area contributed by atoms with Crippen molar-refractivity contribution >= 4 is 18.0 Å². The third kappa shape index (κ3) is 2.07. The van der Waals surface area contributed by atoms with Gasteiger partial charge in [0.15, 0.2) is 0 Å². The Hall–Kier alpha value is -1.34. The molecule has 0 aromatic carbocycles. The van der Waals surface area contributed by atoms with Gasteiger partial charge in [-0.25, -0.2) is 0 Å². The molecule has 60 valence electrons. The summed E-state index contributed by atoms with van der Waals surface area (Å²) in [6.45, 7) is 0. The van der Waals surface area contributed by atoms with Crippen LogP contribution in [0.25, 0.3) is 0 Å². The third-order valence-electron chi connectivity index (χ3n) is 1.28. The van der Waals surface area contributed by atoms with Crippen LogP contribution in [0.4, 0.5) is 0 Å². The average Bonchev–Trinajstić information content (AvgIpc) is 2.15. The number of hydrogen-bond acceptors (Lipinski definition) is 4. The normalized spacial score (nSPS) is 11.6. The van der Waals surface area contributed by atoms with Gasteiger partial charge in [0, 0.05) is 6.20 Å². The van der Waals surface area contributed by atoms with Crippen molar-refractivity contribution in [2.75, 3.05) is 0 Å². The van der Waals surface area contributed by atoms with Crippen LogP contribution < -0.4 is 0 Å². The van der Waals surface area contributed by atoms with Crippen LogP contribution in [0.3, 0.4) is 0 Å². The molecule has 0 aliphatic carbocycles. The van der Waals surface area contributed by atoms with E-state index in [0.717, 1.165) is 18.0 Å². The standard InChI is InChI=1S/C8H6N2OS/c9-6-12-8(5-11)7-3-1-2-4-10-7/h1-5,8H. The monoisotopic (exact) mass is 178 g/mol. The fourth-order valence-corrected chi connectivity index (χ4v) is 1.19. The molecular weight excluding hydrogens is 172 g/mol. The van der Waals surface area contributed by atoms with Gasteiger partial charge >= 0.3 is 0 Å². The highest BCUT2D eigenvalue weighted by Gasteiger charge is 2.10. The molecule has 0 spiro atoms. The highest BCUT2D eigenvalue weighted by Crippen LogP contribution is 2.22. The molecule has 0 aliphatic rings. The number of nitrogens with zero attached hydrogens (tertiary/aromatic N) is 2. The quantitative estimate of drug-likeness (QED) is 0.520. The van der Waals surface area contributed by atoms with Crippen molar-refractivity contribution in [3.8, 4) is 5.40 Å². The van der Waals surface area contributed by atoms with Crippen molar-refractivity contribution in [3.63, 3.8) is 0 Å². The van der Waals surface area contributed by atoms with E-state index in [1.54, 1.807) is 24.4 Å². The van der Waals surface area contributed by atoms with Crippen LogP contribution in [0.5, 0.6) is 0 Å². The van der Waals surface area contributed by atoms with Crippen molar-refractivity contribution < 1.29 is 4.79 Å². The maximum Gasteiger partial charge on any atom is 0.140 e. The minimum absolute atomic E-state index is 0.462. The molecule has 0 N–H and O–H groups in total. The van der Waals surface area contributed by atoms with E-state index < -0.39 is 5.25 Å². The minimum atomic E-state index is -0.462. The lowest BCUT2D eigenvalue weighted by Crippen LogP contribution is -1.96. The molecule has 1 heterocycles. The number of pyridine rings is 1. The Morgan fingerprint density at radius 1 is 1.67 bits per heavy atom. The summed E-state index contributed by atoms with van der Waals surface area (Å²) >= 11 is 0.904. The number of nitriles is 1. The SMILES string of the molecule is N#CSC(C=O)c1ccccn1. The second-order valence-corrected chi connectivity index (χ2v) is 2.95. The van der Waals surface area contributed by atoms with Crippen molar-refractivity contribution in [2.45, 2.75) is 5.25 Å². The molecular formula is C8H6N2OS. The van der Waals surface area contributed by atoms with Crippen molar-refractivity contribution in [3.05, 3.63) is 30.1 Å². The Morgan fingerprint density at radius 2 is 2.50 bits per heavy atom. The topological polar surface area (TPSA) is 53.8 Å². The number of carbonyl (C=O) groups excluding carboxylic acids is 1. The van der Waals surface area contributed by atoms with Crippen LogP contribution in [0, 0.1) is 10.7 Å². The molecule has 1 rings (SSSR count). The summed E-state index contributed by atoms with van der Waals surface area (Å²) in [6.07, 6.45) is 2.32. The van der Waals surface area contributed by atoms with E-state index in [0.29, 0.717) is 5.69 Å². The molecule has 0 saturated heterocycles. The van der Waals surface area contributed by atoms with Gasteiger partial charge in [0.25, 0.3) is 0 Å². The van der Waals surface area contributed by atoms with Crippen LogP contribution in [-0.4, -0.2) is 11.3 Å². The lowest BCUT2D eigenvalue weighted by atomic mass is 10.3. The first-order valence-corrected chi connectivity index (χ1v) is 4.17. The Bertz CT molecular complexity index is 294. The summed E-state index contributed by atoms with van der Waals surface area (Å²) in [6, 6.07) is 5.28. The van der Waals surface area contributed by atoms with E-state index in [-0.39, 0.29) is 0 Å². The summed E-state index contributed by atoms with van der Waals surface area (Å²) in [5.41, 5.74) is 0.624. The molecule has 0 amide bonds. The van der Waals surface area contributed by atoms with Crippen molar-refractivity contribution in [2.24, 2.45) is 0 Å². The van der Waals surface area contributed by atoms with Crippen LogP contribution in [0.1, 0.15) is 10.9 Å². The predicted molar refractivity (Wildman–Crippen MR) is 46.2 cm³/mol. The first-order chi connectivity index (χ1) is 5.88. The summed E-state index contributed by atoms with van der Waals surface area (Å²) in [7, 11) is 0. The fourth-order valence-electron chi connectivity index (χ4n) is 0.759. The highest BCUT2D eigenvalue weighted by molar-refractivity contribution is 8.04. The second-order valence-electron chi connectivity index (χ2n) is 2.02. The van der Waals surface area contributed by atoms with Gasteiger partial charge < -0.3 is 4.79 Å². The number of aromatic nitrogens is 1. The highest BCUT2D eigenvalue weighted by atomic mass is 32.2. The van der Waals surface area contributed by atoms with Gasteiger partial charge in [-0.15, -0.1) is 0 Å². The number of hydrogen-bond donors (Lipinski definition) is 0. The van der Waals surface area contributed by atoms with Gasteiger partial charge in [-0.1, -0.05) is 6.07 Å². The molecule has 0 aliphatic heterocycles. The summed E-state index contributed by atoms with van der Waals surface area (Å²) < 4.78 is 0. The molecule has 1 aromatic rings. The number of rotatable bonds is 3. The lowest BCUT2D eigenvalue weighted by Gasteiger charge is -2.01. The summed E-state index contributed by atoms with van der Waals surface area (Å²) in [4.78, 5) is 14.4.